The van der Waals surface area contributed by atoms with E-state index in [9.17, 15) is 14.4 Å². The first-order valence-corrected chi connectivity index (χ1v) is 9.88. The Labute approximate surface area is 162 Å². The summed E-state index contributed by atoms with van der Waals surface area (Å²) in [7, 11) is 0. The number of hydrogen-bond acceptors (Lipinski definition) is 5. The van der Waals surface area contributed by atoms with E-state index >= 15 is 0 Å². The van der Waals surface area contributed by atoms with Gasteiger partial charge in [-0.1, -0.05) is 29.6 Å². The predicted octanol–water partition coefficient (Wildman–Crippen LogP) is 2.44. The van der Waals surface area contributed by atoms with Crippen LogP contribution in [0.1, 0.15) is 29.5 Å². The summed E-state index contributed by atoms with van der Waals surface area (Å²) in [6.07, 6.45) is 1.66. The lowest BCUT2D eigenvalue weighted by Gasteiger charge is -2.38. The summed E-state index contributed by atoms with van der Waals surface area (Å²) in [5.74, 6) is -0.499. The largest absolute Gasteiger partial charge is 0.331 e. The molecule has 2 heterocycles. The van der Waals surface area contributed by atoms with Gasteiger partial charge in [-0.15, -0.1) is 0 Å². The highest BCUT2D eigenvalue weighted by molar-refractivity contribution is 8.00. The maximum Gasteiger partial charge on any atom is 0.331 e. The van der Waals surface area contributed by atoms with E-state index in [0.29, 0.717) is 5.70 Å². The van der Waals surface area contributed by atoms with Gasteiger partial charge in [-0.3, -0.25) is 19.4 Å². The number of nitrogens with one attached hydrogen (secondary N) is 2. The van der Waals surface area contributed by atoms with E-state index in [-0.39, 0.29) is 24.4 Å². The van der Waals surface area contributed by atoms with Crippen molar-refractivity contribution in [3.63, 3.8) is 0 Å². The quantitative estimate of drug-likeness (QED) is 0.777. The normalized spacial score (nSPS) is 22.0. The Morgan fingerprint density at radius 3 is 2.52 bits per heavy atom. The number of imide groups is 1. The molecule has 1 aliphatic carbocycles. The molecule has 2 fully saturated rings. The number of carbonyl (C=O) groups is 3. The average Bonchev–Trinajstić information content (AvgIpc) is 3.30. The number of benzene rings is 1. The van der Waals surface area contributed by atoms with Crippen molar-refractivity contribution in [1.29, 1.82) is 0 Å². The van der Waals surface area contributed by atoms with E-state index in [4.69, 9.17) is 0 Å². The van der Waals surface area contributed by atoms with Gasteiger partial charge in [0.1, 0.15) is 12.6 Å². The van der Waals surface area contributed by atoms with E-state index < -0.39 is 12.1 Å². The molecule has 0 aromatic heterocycles. The molecule has 1 unspecified atom stereocenters. The molecule has 4 rings (SSSR count). The van der Waals surface area contributed by atoms with Gasteiger partial charge in [-0.2, -0.15) is 0 Å². The van der Waals surface area contributed by atoms with Crippen molar-refractivity contribution < 1.29 is 14.4 Å². The molecule has 0 spiro atoms. The second kappa shape index (κ2) is 6.69. The first-order valence-electron chi connectivity index (χ1n) is 9.00. The van der Waals surface area contributed by atoms with Crippen LogP contribution < -0.4 is 10.0 Å². The van der Waals surface area contributed by atoms with E-state index in [1.54, 1.807) is 5.41 Å². The standard InChI is InChI=1S/C19H22N4O3S/c1-10-6-11(2)16(12(3)7-10)20-15(24)8-22-14-9-27-21-17(14)18(25)23(19(22)26)13-4-5-13/h6-7,9,13,17,21H,4-5,8H2,1-3H3,(H,20,24). The average molecular weight is 386 g/mol. The Balaban J connectivity index is 1.55. The Morgan fingerprint density at radius 2 is 1.89 bits per heavy atom. The fraction of sp³-hybridized carbons (Fsp3) is 0.421. The summed E-state index contributed by atoms with van der Waals surface area (Å²) >= 11 is 1.28. The fourth-order valence-corrected chi connectivity index (χ4v) is 4.50. The molecule has 1 aromatic rings. The van der Waals surface area contributed by atoms with Gasteiger partial charge < -0.3 is 5.32 Å². The van der Waals surface area contributed by atoms with E-state index in [0.717, 1.165) is 35.2 Å². The van der Waals surface area contributed by atoms with Crippen LogP contribution in [0.15, 0.2) is 23.2 Å². The second-order valence-corrected chi connectivity index (χ2v) is 8.05. The van der Waals surface area contributed by atoms with Gasteiger partial charge in [0.25, 0.3) is 5.91 Å². The topological polar surface area (TPSA) is 81.8 Å². The Bertz CT molecular complexity index is 855. The van der Waals surface area contributed by atoms with Gasteiger partial charge in [-0.05, 0) is 44.7 Å². The molecule has 2 aliphatic heterocycles. The molecular weight excluding hydrogens is 364 g/mol. The molecule has 0 bridgehead atoms. The van der Waals surface area contributed by atoms with Crippen LogP contribution in [0.2, 0.25) is 0 Å². The van der Waals surface area contributed by atoms with Gasteiger partial charge >= 0.3 is 6.03 Å². The third-order valence-electron chi connectivity index (χ3n) is 5.05. The van der Waals surface area contributed by atoms with Crippen molar-refractivity contribution in [2.45, 2.75) is 45.7 Å². The summed E-state index contributed by atoms with van der Waals surface area (Å²) in [4.78, 5) is 41.0. The molecule has 1 saturated heterocycles. The van der Waals surface area contributed by atoms with Crippen LogP contribution in [0.25, 0.3) is 0 Å². The van der Waals surface area contributed by atoms with Gasteiger partial charge in [-0.25, -0.2) is 9.52 Å². The first-order chi connectivity index (χ1) is 12.9. The maximum atomic E-state index is 12.9. The molecule has 1 saturated carbocycles. The zero-order chi connectivity index (χ0) is 19.3. The second-order valence-electron chi connectivity index (χ2n) is 7.34. The summed E-state index contributed by atoms with van der Waals surface area (Å²) < 4.78 is 3.03. The highest BCUT2D eigenvalue weighted by Crippen LogP contribution is 2.36. The zero-order valence-corrected chi connectivity index (χ0v) is 16.4. The van der Waals surface area contributed by atoms with Crippen LogP contribution in [0.4, 0.5) is 10.5 Å². The van der Waals surface area contributed by atoms with Crippen LogP contribution in [0.3, 0.4) is 0 Å². The molecule has 7 nitrogen and oxygen atoms in total. The number of amides is 4. The smallest absolute Gasteiger partial charge is 0.324 e. The summed E-state index contributed by atoms with van der Waals surface area (Å²) in [5, 5.41) is 4.67. The number of carbonyl (C=O) groups excluding carboxylic acids is 3. The number of hydrogen-bond donors (Lipinski definition) is 2. The van der Waals surface area contributed by atoms with Gasteiger partial charge in [0.2, 0.25) is 5.91 Å². The number of fused-ring (bicyclic) bond motifs is 1. The molecule has 2 N–H and O–H groups in total. The van der Waals surface area contributed by atoms with E-state index in [1.807, 2.05) is 32.9 Å². The molecule has 1 atom stereocenters. The third kappa shape index (κ3) is 3.23. The number of rotatable bonds is 4. The number of urea groups is 1. The van der Waals surface area contributed by atoms with Crippen molar-refractivity contribution in [3.05, 3.63) is 39.9 Å². The van der Waals surface area contributed by atoms with Crippen LogP contribution >= 0.6 is 11.9 Å². The van der Waals surface area contributed by atoms with Gasteiger partial charge in [0.15, 0.2) is 0 Å². The molecule has 3 aliphatic rings. The Kier molecular flexibility index (Phi) is 4.47. The van der Waals surface area contributed by atoms with Crippen molar-refractivity contribution >= 4 is 35.5 Å². The van der Waals surface area contributed by atoms with Crippen LogP contribution in [0.5, 0.6) is 0 Å². The molecule has 1 aromatic carbocycles. The molecule has 4 amide bonds. The van der Waals surface area contributed by atoms with Crippen molar-refractivity contribution in [1.82, 2.24) is 14.5 Å². The molecule has 27 heavy (non-hydrogen) atoms. The highest BCUT2D eigenvalue weighted by Gasteiger charge is 2.50. The van der Waals surface area contributed by atoms with Crippen molar-refractivity contribution in [3.8, 4) is 0 Å². The van der Waals surface area contributed by atoms with E-state index in [2.05, 4.69) is 10.0 Å². The number of aryl methyl sites for hydroxylation is 3. The lowest BCUT2D eigenvalue weighted by molar-refractivity contribution is -0.132. The lowest BCUT2D eigenvalue weighted by Crippen LogP contribution is -2.61. The summed E-state index contributed by atoms with van der Waals surface area (Å²) in [5.41, 5.74) is 4.43. The highest BCUT2D eigenvalue weighted by atomic mass is 32.2. The van der Waals surface area contributed by atoms with Crippen LogP contribution in [-0.4, -0.2) is 46.3 Å². The fourth-order valence-electron chi connectivity index (χ4n) is 3.69. The predicted molar refractivity (Wildman–Crippen MR) is 104 cm³/mol. The zero-order valence-electron chi connectivity index (χ0n) is 15.5. The van der Waals surface area contributed by atoms with Crippen LogP contribution in [-0.2, 0) is 9.59 Å². The third-order valence-corrected chi connectivity index (χ3v) is 5.78. The molecule has 8 heteroatoms. The van der Waals surface area contributed by atoms with E-state index in [1.165, 1.54) is 21.7 Å². The van der Waals surface area contributed by atoms with Crippen LogP contribution in [0, 0.1) is 20.8 Å². The Morgan fingerprint density at radius 1 is 1.22 bits per heavy atom. The van der Waals surface area contributed by atoms with Crippen molar-refractivity contribution in [2.75, 3.05) is 11.9 Å². The SMILES string of the molecule is Cc1cc(C)c(NC(=O)CN2C(=O)N(C3CC3)C(=O)C3NSC=C32)c(C)c1. The molecular formula is C19H22N4O3S. The monoisotopic (exact) mass is 386 g/mol. The minimum atomic E-state index is -0.566. The van der Waals surface area contributed by atoms with Crippen molar-refractivity contribution in [2.24, 2.45) is 0 Å². The molecule has 0 radical (unpaired) electrons. The van der Waals surface area contributed by atoms with Gasteiger partial charge in [0.05, 0.1) is 5.70 Å². The lowest BCUT2D eigenvalue weighted by atomic mass is 10.1. The number of nitrogens with zero attached hydrogens (tertiary/aromatic N) is 2. The minimum absolute atomic E-state index is 0.0360. The Hall–Kier alpha value is -2.32. The number of anilines is 1. The molecule has 142 valence electrons. The van der Waals surface area contributed by atoms with Gasteiger partial charge in [0, 0.05) is 17.1 Å². The maximum absolute atomic E-state index is 12.9. The first kappa shape index (κ1) is 18.1. The minimum Gasteiger partial charge on any atom is -0.324 e. The summed E-state index contributed by atoms with van der Waals surface area (Å²) in [6, 6.07) is 3.02. The summed E-state index contributed by atoms with van der Waals surface area (Å²) in [6.45, 7) is 5.79.